The molecule has 0 amide bonds. The van der Waals surface area contributed by atoms with Crippen molar-refractivity contribution >= 4 is 5.78 Å². The molecule has 0 aromatic rings. The average molecular weight is 206 g/mol. The van der Waals surface area contributed by atoms with Gasteiger partial charge in [-0.15, -0.1) is 6.58 Å². The predicted molar refractivity (Wildman–Crippen MR) is 64.8 cm³/mol. The molecule has 1 rings (SSSR count). The predicted octanol–water partition coefficient (Wildman–Crippen LogP) is 4.05. The fourth-order valence-electron chi connectivity index (χ4n) is 2.15. The van der Waals surface area contributed by atoms with Gasteiger partial charge in [0.1, 0.15) is 0 Å². The molecule has 0 heterocycles. The summed E-state index contributed by atoms with van der Waals surface area (Å²) in [7, 11) is 0. The van der Waals surface area contributed by atoms with Crippen molar-refractivity contribution in [3.63, 3.8) is 0 Å². The van der Waals surface area contributed by atoms with Crippen molar-refractivity contribution in [1.82, 2.24) is 0 Å². The molecule has 1 nitrogen and oxygen atoms in total. The lowest BCUT2D eigenvalue weighted by molar-refractivity contribution is -0.118. The van der Waals surface area contributed by atoms with E-state index >= 15 is 0 Å². The molecular formula is C14H22O. The van der Waals surface area contributed by atoms with E-state index < -0.39 is 0 Å². The van der Waals surface area contributed by atoms with E-state index in [4.69, 9.17) is 0 Å². The lowest BCUT2D eigenvalue weighted by Crippen LogP contribution is -2.09. The summed E-state index contributed by atoms with van der Waals surface area (Å²) in [5.41, 5.74) is 1.37. The van der Waals surface area contributed by atoms with Crippen LogP contribution in [0.3, 0.4) is 0 Å². The second-order valence-corrected chi connectivity index (χ2v) is 4.42. The molecule has 0 aromatic heterocycles. The third-order valence-corrected chi connectivity index (χ3v) is 3.10. The Balaban J connectivity index is 2.56. The summed E-state index contributed by atoms with van der Waals surface area (Å²) >= 11 is 0. The van der Waals surface area contributed by atoms with E-state index in [0.717, 1.165) is 25.7 Å². The van der Waals surface area contributed by atoms with Gasteiger partial charge in [-0.3, -0.25) is 4.79 Å². The average Bonchev–Trinajstić information content (AvgIpc) is 2.39. The molecular weight excluding hydrogens is 184 g/mol. The summed E-state index contributed by atoms with van der Waals surface area (Å²) in [6, 6.07) is 0. The number of rotatable bonds is 5. The van der Waals surface area contributed by atoms with E-state index in [9.17, 15) is 4.79 Å². The van der Waals surface area contributed by atoms with Crippen LogP contribution >= 0.6 is 0 Å². The quantitative estimate of drug-likeness (QED) is 0.620. The summed E-state index contributed by atoms with van der Waals surface area (Å²) in [6.07, 6.45) is 11.5. The first-order chi connectivity index (χ1) is 7.27. The molecule has 0 saturated heterocycles. The lowest BCUT2D eigenvalue weighted by Gasteiger charge is -2.07. The summed E-state index contributed by atoms with van der Waals surface area (Å²) in [5.74, 6) is 0.542. The molecule has 0 bridgehead atoms. The Morgan fingerprint density at radius 3 is 3.07 bits per heavy atom. The number of unbranched alkanes of at least 4 members (excludes halogenated alkanes) is 1. The largest absolute Gasteiger partial charge is 0.295 e. The molecule has 1 aliphatic carbocycles. The molecule has 0 spiro atoms. The van der Waals surface area contributed by atoms with Crippen molar-refractivity contribution in [3.05, 3.63) is 24.3 Å². The Hall–Kier alpha value is -0.850. The van der Waals surface area contributed by atoms with Gasteiger partial charge in [-0.1, -0.05) is 25.0 Å². The molecule has 0 aromatic carbocycles. The third-order valence-electron chi connectivity index (χ3n) is 3.10. The van der Waals surface area contributed by atoms with Crippen LogP contribution in [0, 0.1) is 5.92 Å². The van der Waals surface area contributed by atoms with E-state index in [-0.39, 0.29) is 5.92 Å². The highest BCUT2D eigenvalue weighted by molar-refractivity contribution is 5.92. The van der Waals surface area contributed by atoms with Crippen molar-refractivity contribution in [2.75, 3.05) is 0 Å². The fourth-order valence-corrected chi connectivity index (χ4v) is 2.15. The van der Waals surface area contributed by atoms with Crippen molar-refractivity contribution in [1.29, 1.82) is 0 Å². The van der Waals surface area contributed by atoms with Gasteiger partial charge in [0.25, 0.3) is 0 Å². The number of allylic oxidation sites excluding steroid dienone is 3. The monoisotopic (exact) mass is 206 g/mol. The van der Waals surface area contributed by atoms with Gasteiger partial charge in [-0.2, -0.15) is 0 Å². The standard InChI is InChI=1S/C14H22O/c1-3-5-8-12-9-6-10-13(7-4-2)14(15)11-12/h4,11,13H,2-3,5-10H2,1H3. The molecule has 1 atom stereocenters. The zero-order valence-corrected chi connectivity index (χ0v) is 9.80. The van der Waals surface area contributed by atoms with E-state index in [2.05, 4.69) is 13.5 Å². The Morgan fingerprint density at radius 2 is 2.40 bits per heavy atom. The van der Waals surface area contributed by atoms with Crippen LogP contribution in [0.5, 0.6) is 0 Å². The maximum Gasteiger partial charge on any atom is 0.159 e. The zero-order chi connectivity index (χ0) is 11.1. The minimum atomic E-state index is 0.210. The van der Waals surface area contributed by atoms with Gasteiger partial charge in [-0.25, -0.2) is 0 Å². The smallest absolute Gasteiger partial charge is 0.159 e. The highest BCUT2D eigenvalue weighted by atomic mass is 16.1. The maximum atomic E-state index is 11.9. The van der Waals surface area contributed by atoms with Gasteiger partial charge < -0.3 is 0 Å². The molecule has 1 aliphatic rings. The van der Waals surface area contributed by atoms with Crippen LogP contribution in [-0.2, 0) is 4.79 Å². The van der Waals surface area contributed by atoms with Crippen LogP contribution in [-0.4, -0.2) is 5.78 Å². The van der Waals surface area contributed by atoms with Gasteiger partial charge in [0.2, 0.25) is 0 Å². The van der Waals surface area contributed by atoms with Gasteiger partial charge in [-0.05, 0) is 44.6 Å². The molecule has 0 fully saturated rings. The summed E-state index contributed by atoms with van der Waals surface area (Å²) in [6.45, 7) is 5.91. The van der Waals surface area contributed by atoms with E-state index in [1.165, 1.54) is 24.8 Å². The molecule has 0 N–H and O–H groups in total. The second-order valence-electron chi connectivity index (χ2n) is 4.42. The molecule has 0 saturated carbocycles. The van der Waals surface area contributed by atoms with Crippen LogP contribution in [0.25, 0.3) is 0 Å². The summed E-state index contributed by atoms with van der Waals surface area (Å²) < 4.78 is 0. The maximum absolute atomic E-state index is 11.9. The normalized spacial score (nSPS) is 22.1. The van der Waals surface area contributed by atoms with Gasteiger partial charge in [0, 0.05) is 5.92 Å². The molecule has 0 radical (unpaired) electrons. The van der Waals surface area contributed by atoms with Crippen molar-refractivity contribution < 1.29 is 4.79 Å². The first-order valence-electron chi connectivity index (χ1n) is 6.12. The third kappa shape index (κ3) is 4.03. The van der Waals surface area contributed by atoms with E-state index in [0.29, 0.717) is 5.78 Å². The number of carbonyl (C=O) groups is 1. The Kier molecular flexibility index (Phi) is 5.38. The van der Waals surface area contributed by atoms with Crippen molar-refractivity contribution in [2.45, 2.75) is 51.9 Å². The second kappa shape index (κ2) is 6.60. The van der Waals surface area contributed by atoms with Crippen molar-refractivity contribution in [3.8, 4) is 0 Å². The fraction of sp³-hybridized carbons (Fsp3) is 0.643. The van der Waals surface area contributed by atoms with Crippen LogP contribution in [0.1, 0.15) is 51.9 Å². The molecule has 0 aliphatic heterocycles. The summed E-state index contributed by atoms with van der Waals surface area (Å²) in [4.78, 5) is 11.9. The van der Waals surface area contributed by atoms with Crippen LogP contribution in [0.4, 0.5) is 0 Å². The van der Waals surface area contributed by atoms with Gasteiger partial charge >= 0.3 is 0 Å². The minimum Gasteiger partial charge on any atom is -0.295 e. The van der Waals surface area contributed by atoms with Crippen molar-refractivity contribution in [2.24, 2.45) is 5.92 Å². The Labute approximate surface area is 93.3 Å². The number of carbonyl (C=O) groups excluding carboxylic acids is 1. The lowest BCUT2D eigenvalue weighted by atomic mass is 9.96. The van der Waals surface area contributed by atoms with Crippen LogP contribution < -0.4 is 0 Å². The topological polar surface area (TPSA) is 17.1 Å². The highest BCUT2D eigenvalue weighted by Crippen LogP contribution is 2.25. The molecule has 1 unspecified atom stereocenters. The van der Waals surface area contributed by atoms with E-state index in [1.54, 1.807) is 0 Å². The molecule has 84 valence electrons. The summed E-state index contributed by atoms with van der Waals surface area (Å²) in [5, 5.41) is 0. The molecule has 15 heavy (non-hydrogen) atoms. The first kappa shape index (κ1) is 12.2. The molecule has 1 heteroatoms. The SMILES string of the molecule is C=CCC1CCCC(CCCC)=CC1=O. The van der Waals surface area contributed by atoms with Crippen LogP contribution in [0.2, 0.25) is 0 Å². The first-order valence-corrected chi connectivity index (χ1v) is 6.12. The van der Waals surface area contributed by atoms with Gasteiger partial charge in [0.15, 0.2) is 5.78 Å². The number of hydrogen-bond acceptors (Lipinski definition) is 1. The number of ketones is 1. The highest BCUT2D eigenvalue weighted by Gasteiger charge is 2.18. The van der Waals surface area contributed by atoms with Gasteiger partial charge in [0.05, 0.1) is 0 Å². The van der Waals surface area contributed by atoms with Crippen LogP contribution in [0.15, 0.2) is 24.3 Å². The number of hydrogen-bond donors (Lipinski definition) is 0. The Bertz CT molecular complexity index is 250. The Morgan fingerprint density at radius 1 is 1.60 bits per heavy atom. The zero-order valence-electron chi connectivity index (χ0n) is 9.80. The van der Waals surface area contributed by atoms with E-state index in [1.807, 2.05) is 12.2 Å². The minimum absolute atomic E-state index is 0.210.